The zero-order valence-corrected chi connectivity index (χ0v) is 21.5. The number of nitrogens with one attached hydrogen (secondary N) is 2. The molecule has 2 aromatic carbocycles. The molecule has 0 radical (unpaired) electrons. The fourth-order valence-corrected chi connectivity index (χ4v) is 5.01. The molecule has 2 heterocycles. The molecule has 2 aliphatic heterocycles. The number of hydrogen-bond donors (Lipinski definition) is 3. The van der Waals surface area contributed by atoms with Crippen LogP contribution in [-0.4, -0.2) is 48.3 Å². The summed E-state index contributed by atoms with van der Waals surface area (Å²) in [5.41, 5.74) is 4.01. The van der Waals surface area contributed by atoms with E-state index in [1.165, 1.54) is 32.1 Å². The summed E-state index contributed by atoms with van der Waals surface area (Å²) in [5.74, 6) is 0. The number of carbonyl (C=O) groups is 1. The first-order valence-corrected chi connectivity index (χ1v) is 13.5. The summed E-state index contributed by atoms with van der Waals surface area (Å²) in [5, 5.41) is 15.0. The molecule has 7 nitrogen and oxygen atoms in total. The molecule has 2 aliphatic rings. The molecule has 0 unspecified atom stereocenters. The van der Waals surface area contributed by atoms with Crippen LogP contribution >= 0.6 is 0 Å². The van der Waals surface area contributed by atoms with Crippen LogP contribution in [0.15, 0.2) is 48.5 Å². The lowest BCUT2D eigenvalue weighted by Crippen LogP contribution is -2.40. The van der Waals surface area contributed by atoms with Gasteiger partial charge in [0.25, 0.3) is 0 Å². The maximum Gasteiger partial charge on any atom is 0.315 e. The van der Waals surface area contributed by atoms with Gasteiger partial charge in [-0.25, -0.2) is 4.79 Å². The van der Waals surface area contributed by atoms with Crippen molar-refractivity contribution in [1.82, 2.24) is 15.5 Å². The Morgan fingerprint density at radius 3 is 2.19 bits per heavy atom. The molecular weight excluding hydrogens is 454 g/mol. The van der Waals surface area contributed by atoms with Crippen molar-refractivity contribution < 1.29 is 19.4 Å². The highest BCUT2D eigenvalue weighted by molar-refractivity contribution is 5.73. The van der Waals surface area contributed by atoms with Crippen LogP contribution in [0.25, 0.3) is 0 Å². The van der Waals surface area contributed by atoms with E-state index in [-0.39, 0.29) is 24.8 Å². The molecule has 2 saturated heterocycles. The van der Waals surface area contributed by atoms with Gasteiger partial charge >= 0.3 is 6.03 Å². The number of likely N-dealkylation sites (tertiary alicyclic amines) is 1. The third kappa shape index (κ3) is 7.77. The molecule has 0 saturated carbocycles. The smallest absolute Gasteiger partial charge is 0.315 e. The van der Waals surface area contributed by atoms with Gasteiger partial charge in [0.2, 0.25) is 0 Å². The first-order valence-electron chi connectivity index (χ1n) is 13.5. The molecule has 0 spiro atoms. The topological polar surface area (TPSA) is 83.1 Å². The number of aliphatic hydroxyl groups is 1. The molecule has 0 aliphatic carbocycles. The quantitative estimate of drug-likeness (QED) is 0.490. The molecule has 7 heteroatoms. The molecule has 4 rings (SSSR count). The third-order valence-electron chi connectivity index (χ3n) is 7.07. The molecule has 196 valence electrons. The highest BCUT2D eigenvalue weighted by atomic mass is 16.7. The van der Waals surface area contributed by atoms with Gasteiger partial charge in [-0.05, 0) is 49.5 Å². The number of amides is 2. The van der Waals surface area contributed by atoms with E-state index in [0.717, 1.165) is 48.3 Å². The maximum atomic E-state index is 11.7. The maximum absolute atomic E-state index is 11.7. The van der Waals surface area contributed by atoms with Gasteiger partial charge in [-0.15, -0.1) is 0 Å². The second-order valence-electron chi connectivity index (χ2n) is 9.87. The molecule has 0 bridgehead atoms. The Kier molecular flexibility index (Phi) is 10.2. The second kappa shape index (κ2) is 13.7. The lowest BCUT2D eigenvalue weighted by Gasteiger charge is -2.38. The summed E-state index contributed by atoms with van der Waals surface area (Å²) in [4.78, 5) is 14.3. The molecule has 36 heavy (non-hydrogen) atoms. The third-order valence-corrected chi connectivity index (χ3v) is 7.07. The Morgan fingerprint density at radius 1 is 0.889 bits per heavy atom. The van der Waals surface area contributed by atoms with Gasteiger partial charge < -0.3 is 30.1 Å². The van der Waals surface area contributed by atoms with Crippen molar-refractivity contribution in [3.63, 3.8) is 0 Å². The largest absolute Gasteiger partial charge is 0.392 e. The van der Waals surface area contributed by atoms with Crippen LogP contribution in [0.1, 0.15) is 80.1 Å². The van der Waals surface area contributed by atoms with Crippen molar-refractivity contribution in [3.8, 4) is 0 Å². The van der Waals surface area contributed by atoms with Crippen molar-refractivity contribution in [2.75, 3.05) is 26.2 Å². The van der Waals surface area contributed by atoms with Crippen molar-refractivity contribution >= 4 is 6.03 Å². The number of rotatable bonds is 8. The lowest BCUT2D eigenvalue weighted by molar-refractivity contribution is -0.253. The van der Waals surface area contributed by atoms with E-state index in [2.05, 4.69) is 27.7 Å². The van der Waals surface area contributed by atoms with Crippen LogP contribution in [0.4, 0.5) is 4.79 Å². The standard InChI is InChI=1S/C29H41N3O4/c1-2-30-29(34)31-19-22-8-14-25(15-9-22)28-35-26(20-32-16-6-4-3-5-7-17-32)18-27(36-28)24-12-10-23(21-33)11-13-24/h8-15,26-28,33H,2-7,16-21H2,1H3,(H2,30,31,34)/t26-,27+,28+/m0/s1. The van der Waals surface area contributed by atoms with Crippen LogP contribution in [0.5, 0.6) is 0 Å². The van der Waals surface area contributed by atoms with Crippen molar-refractivity contribution in [1.29, 1.82) is 0 Å². The van der Waals surface area contributed by atoms with Gasteiger partial charge in [-0.1, -0.05) is 67.8 Å². The van der Waals surface area contributed by atoms with Crippen LogP contribution in [-0.2, 0) is 22.6 Å². The fourth-order valence-electron chi connectivity index (χ4n) is 5.01. The Morgan fingerprint density at radius 2 is 1.53 bits per heavy atom. The Bertz CT molecular complexity index is 927. The summed E-state index contributed by atoms with van der Waals surface area (Å²) in [7, 11) is 0. The number of nitrogens with zero attached hydrogens (tertiary/aromatic N) is 1. The highest BCUT2D eigenvalue weighted by Crippen LogP contribution is 2.38. The van der Waals surface area contributed by atoms with Crippen LogP contribution in [0, 0.1) is 0 Å². The summed E-state index contributed by atoms with van der Waals surface area (Å²) in [6, 6.07) is 16.0. The molecule has 3 N–H and O–H groups in total. The van der Waals surface area contributed by atoms with Gasteiger partial charge in [0, 0.05) is 31.6 Å². The Hall–Kier alpha value is -2.45. The first kappa shape index (κ1) is 26.6. The zero-order chi connectivity index (χ0) is 25.2. The zero-order valence-electron chi connectivity index (χ0n) is 21.5. The minimum absolute atomic E-state index is 0.0381. The highest BCUT2D eigenvalue weighted by Gasteiger charge is 2.33. The van der Waals surface area contributed by atoms with E-state index in [4.69, 9.17) is 9.47 Å². The van der Waals surface area contributed by atoms with Crippen LogP contribution in [0.3, 0.4) is 0 Å². The number of benzene rings is 2. The second-order valence-corrected chi connectivity index (χ2v) is 9.87. The Labute approximate surface area is 215 Å². The molecule has 2 aromatic rings. The van der Waals surface area contributed by atoms with Crippen LogP contribution < -0.4 is 10.6 Å². The van der Waals surface area contributed by atoms with Crippen molar-refractivity contribution in [2.45, 2.75) is 77.1 Å². The van der Waals surface area contributed by atoms with Crippen molar-refractivity contribution in [2.24, 2.45) is 0 Å². The van der Waals surface area contributed by atoms with Crippen molar-refractivity contribution in [3.05, 3.63) is 70.8 Å². The molecule has 0 aromatic heterocycles. The predicted molar refractivity (Wildman–Crippen MR) is 140 cm³/mol. The fraction of sp³-hybridized carbons (Fsp3) is 0.552. The molecule has 2 amide bonds. The van der Waals surface area contributed by atoms with Gasteiger partial charge in [0.15, 0.2) is 6.29 Å². The predicted octanol–water partition coefficient (Wildman–Crippen LogP) is 4.81. The van der Waals surface area contributed by atoms with Gasteiger partial charge in [0.1, 0.15) is 0 Å². The normalized spacial score (nSPS) is 23.4. The number of carbonyl (C=O) groups excluding carboxylic acids is 1. The molecule has 3 atom stereocenters. The van der Waals surface area contributed by atoms with Gasteiger partial charge in [0.05, 0.1) is 18.8 Å². The van der Waals surface area contributed by atoms with E-state index in [1.807, 2.05) is 43.3 Å². The number of urea groups is 1. The summed E-state index contributed by atoms with van der Waals surface area (Å²) < 4.78 is 13.0. The molecular formula is C29H41N3O4. The van der Waals surface area contributed by atoms with Crippen LogP contribution in [0.2, 0.25) is 0 Å². The minimum Gasteiger partial charge on any atom is -0.392 e. The first-order chi connectivity index (χ1) is 17.6. The van der Waals surface area contributed by atoms with E-state index < -0.39 is 6.29 Å². The SMILES string of the molecule is CCNC(=O)NCc1ccc([C@@H]2O[C@H](CN3CCCCCCC3)C[C@H](c3ccc(CO)cc3)O2)cc1. The summed E-state index contributed by atoms with van der Waals surface area (Å²) in [6.45, 7) is 6.19. The van der Waals surface area contributed by atoms with Gasteiger partial charge in [-0.3, -0.25) is 0 Å². The molecule has 2 fully saturated rings. The van der Waals surface area contributed by atoms with Gasteiger partial charge in [-0.2, -0.15) is 0 Å². The monoisotopic (exact) mass is 495 g/mol. The average molecular weight is 496 g/mol. The van der Waals surface area contributed by atoms with E-state index >= 15 is 0 Å². The number of aliphatic hydroxyl groups excluding tert-OH is 1. The average Bonchev–Trinajstić information content (AvgIpc) is 2.89. The van der Waals surface area contributed by atoms with E-state index in [1.54, 1.807) is 0 Å². The van der Waals surface area contributed by atoms with E-state index in [9.17, 15) is 9.90 Å². The lowest BCUT2D eigenvalue weighted by atomic mass is 9.99. The minimum atomic E-state index is -0.452. The van der Waals surface area contributed by atoms with E-state index in [0.29, 0.717) is 13.1 Å². The Balaban J connectivity index is 1.46. The summed E-state index contributed by atoms with van der Waals surface area (Å²) in [6.07, 6.45) is 6.84. The number of hydrogen-bond acceptors (Lipinski definition) is 5. The summed E-state index contributed by atoms with van der Waals surface area (Å²) >= 11 is 0. The number of ether oxygens (including phenoxy) is 2.